The van der Waals surface area contributed by atoms with Crippen molar-refractivity contribution in [1.82, 2.24) is 19.1 Å². The first-order valence-electron chi connectivity index (χ1n) is 6.71. The van der Waals surface area contributed by atoms with Crippen LogP contribution in [0.4, 0.5) is 4.39 Å². The Morgan fingerprint density at radius 1 is 1.13 bits per heavy atom. The highest BCUT2D eigenvalue weighted by Gasteiger charge is 2.17. The summed E-state index contributed by atoms with van der Waals surface area (Å²) in [6.07, 6.45) is 1.78. The quantitative estimate of drug-likeness (QED) is 0.526. The van der Waals surface area contributed by atoms with Gasteiger partial charge in [0.25, 0.3) is 5.56 Å². The molecule has 0 aliphatic carbocycles. The first kappa shape index (κ1) is 15.4. The van der Waals surface area contributed by atoms with Gasteiger partial charge in [0.2, 0.25) is 0 Å². The van der Waals surface area contributed by atoms with Gasteiger partial charge in [-0.15, -0.1) is 11.8 Å². The van der Waals surface area contributed by atoms with Crippen molar-refractivity contribution in [2.75, 3.05) is 6.26 Å². The van der Waals surface area contributed by atoms with Crippen LogP contribution < -0.4 is 11.2 Å². The van der Waals surface area contributed by atoms with E-state index < -0.39 is 17.1 Å². The van der Waals surface area contributed by atoms with Gasteiger partial charge < -0.3 is 0 Å². The molecule has 0 fully saturated rings. The molecule has 0 spiro atoms. The summed E-state index contributed by atoms with van der Waals surface area (Å²) >= 11 is 1.28. The number of aromatic nitrogens is 4. The Balaban J connectivity index is 2.46. The van der Waals surface area contributed by atoms with Crippen molar-refractivity contribution in [1.29, 1.82) is 0 Å². The number of halogens is 1. The fraction of sp³-hybridized carbons (Fsp3) is 0.200. The Hall–Kier alpha value is -2.48. The Morgan fingerprint density at radius 3 is 2.52 bits per heavy atom. The first-order valence-corrected chi connectivity index (χ1v) is 7.94. The van der Waals surface area contributed by atoms with Gasteiger partial charge in [0.15, 0.2) is 11.5 Å². The van der Waals surface area contributed by atoms with E-state index in [1.54, 1.807) is 18.4 Å². The number of benzene rings is 1. The molecule has 2 heterocycles. The van der Waals surface area contributed by atoms with Gasteiger partial charge >= 0.3 is 5.69 Å². The summed E-state index contributed by atoms with van der Waals surface area (Å²) in [5.74, 6) is -0.139. The van der Waals surface area contributed by atoms with Gasteiger partial charge in [-0.1, -0.05) is 12.1 Å². The van der Waals surface area contributed by atoms with E-state index >= 15 is 0 Å². The molecule has 0 saturated heterocycles. The topological polar surface area (TPSA) is 69.8 Å². The normalized spacial score (nSPS) is 11.1. The second-order valence-electron chi connectivity index (χ2n) is 4.97. The maximum absolute atomic E-state index is 13.4. The maximum atomic E-state index is 13.4. The lowest BCUT2D eigenvalue weighted by Gasteiger charge is -2.11. The van der Waals surface area contributed by atoms with E-state index in [-0.39, 0.29) is 16.9 Å². The van der Waals surface area contributed by atoms with E-state index in [2.05, 4.69) is 9.97 Å². The minimum atomic E-state index is -0.474. The second kappa shape index (κ2) is 5.62. The van der Waals surface area contributed by atoms with Crippen molar-refractivity contribution in [2.24, 2.45) is 14.1 Å². The molecule has 0 unspecified atom stereocenters. The van der Waals surface area contributed by atoms with Crippen molar-refractivity contribution in [3.8, 4) is 11.4 Å². The van der Waals surface area contributed by atoms with Gasteiger partial charge in [0, 0.05) is 19.7 Å². The average Bonchev–Trinajstić information content (AvgIpc) is 2.56. The van der Waals surface area contributed by atoms with Gasteiger partial charge in [0.1, 0.15) is 16.2 Å². The zero-order valence-electron chi connectivity index (χ0n) is 12.7. The summed E-state index contributed by atoms with van der Waals surface area (Å²) in [4.78, 5) is 33.2. The Morgan fingerprint density at radius 2 is 1.87 bits per heavy atom. The largest absolute Gasteiger partial charge is 0.332 e. The van der Waals surface area contributed by atoms with Crippen LogP contribution >= 0.6 is 11.8 Å². The number of nitrogens with zero attached hydrogens (tertiary/aromatic N) is 4. The molecule has 3 aromatic rings. The van der Waals surface area contributed by atoms with Crippen LogP contribution in [-0.4, -0.2) is 25.4 Å². The molecule has 0 amide bonds. The lowest BCUT2D eigenvalue weighted by atomic mass is 10.2. The molecule has 6 nitrogen and oxygen atoms in total. The predicted octanol–water partition coefficient (Wildman–Crippen LogP) is 1.56. The molecular weight excluding hydrogens is 319 g/mol. The highest BCUT2D eigenvalue weighted by Crippen LogP contribution is 2.24. The lowest BCUT2D eigenvalue weighted by Crippen LogP contribution is -2.37. The first-order chi connectivity index (χ1) is 10.9. The molecular formula is C15H13FN4O2S. The molecule has 0 atom stereocenters. The highest BCUT2D eigenvalue weighted by atomic mass is 32.2. The number of fused-ring (bicyclic) bond motifs is 1. The number of rotatable bonds is 2. The van der Waals surface area contributed by atoms with E-state index in [4.69, 9.17) is 0 Å². The highest BCUT2D eigenvalue weighted by molar-refractivity contribution is 7.98. The summed E-state index contributed by atoms with van der Waals surface area (Å²) in [5, 5.41) is 0.729. The minimum absolute atomic E-state index is 0.233. The van der Waals surface area contributed by atoms with Crippen LogP contribution in [0.5, 0.6) is 0 Å². The van der Waals surface area contributed by atoms with Gasteiger partial charge in [-0.05, 0) is 18.4 Å². The molecule has 118 valence electrons. The van der Waals surface area contributed by atoms with Crippen LogP contribution in [0.3, 0.4) is 0 Å². The molecule has 0 N–H and O–H groups in total. The van der Waals surface area contributed by atoms with Crippen molar-refractivity contribution in [3.63, 3.8) is 0 Å². The van der Waals surface area contributed by atoms with Crippen LogP contribution in [-0.2, 0) is 14.1 Å². The van der Waals surface area contributed by atoms with Crippen LogP contribution in [0.25, 0.3) is 22.4 Å². The van der Waals surface area contributed by atoms with Crippen LogP contribution in [0.2, 0.25) is 0 Å². The van der Waals surface area contributed by atoms with E-state index in [1.807, 2.05) is 0 Å². The molecule has 1 aromatic carbocycles. The number of aryl methyl sites for hydroxylation is 1. The van der Waals surface area contributed by atoms with Crippen molar-refractivity contribution in [3.05, 3.63) is 50.9 Å². The van der Waals surface area contributed by atoms with Crippen LogP contribution in [0, 0.1) is 5.82 Å². The van der Waals surface area contributed by atoms with Gasteiger partial charge in [-0.3, -0.25) is 13.9 Å². The second-order valence-corrected chi connectivity index (χ2v) is 5.77. The van der Waals surface area contributed by atoms with Crippen molar-refractivity contribution >= 4 is 22.8 Å². The number of thioether (sulfide) groups is 1. The Kier molecular flexibility index (Phi) is 3.77. The fourth-order valence-corrected chi connectivity index (χ4v) is 2.89. The molecule has 0 radical (unpaired) electrons. The standard InChI is InChI=1S/C15H13FN4O2S/c1-19-12-10(14(21)20(2)15(19)22)13(23-3)18-11(17-12)8-5-4-6-9(16)7-8/h4-7H,1-3H3. The van der Waals surface area contributed by atoms with Gasteiger partial charge in [-0.2, -0.15) is 0 Å². The monoisotopic (exact) mass is 332 g/mol. The van der Waals surface area contributed by atoms with Gasteiger partial charge in [0.05, 0.1) is 0 Å². The third-order valence-corrected chi connectivity index (χ3v) is 4.23. The zero-order valence-corrected chi connectivity index (χ0v) is 13.5. The predicted molar refractivity (Wildman–Crippen MR) is 87.2 cm³/mol. The molecule has 23 heavy (non-hydrogen) atoms. The average molecular weight is 332 g/mol. The Labute approximate surface area is 134 Å². The number of hydrogen-bond acceptors (Lipinski definition) is 5. The van der Waals surface area contributed by atoms with Crippen LogP contribution in [0.1, 0.15) is 0 Å². The van der Waals surface area contributed by atoms with Gasteiger partial charge in [-0.25, -0.2) is 19.2 Å². The molecule has 2 aromatic heterocycles. The zero-order chi connectivity index (χ0) is 16.7. The SMILES string of the molecule is CSc1nc(-c2cccc(F)c2)nc2c1c(=O)n(C)c(=O)n2C. The molecule has 8 heteroatoms. The third-order valence-electron chi connectivity index (χ3n) is 3.54. The lowest BCUT2D eigenvalue weighted by molar-refractivity contribution is 0.628. The minimum Gasteiger partial charge on any atom is -0.280 e. The summed E-state index contributed by atoms with van der Waals surface area (Å²) in [5.41, 5.74) is -0.205. The molecule has 0 aliphatic heterocycles. The maximum Gasteiger partial charge on any atom is 0.332 e. The summed E-state index contributed by atoms with van der Waals surface area (Å²) in [6, 6.07) is 5.86. The molecule has 0 aliphatic rings. The summed E-state index contributed by atoms with van der Waals surface area (Å²) in [6.45, 7) is 0. The van der Waals surface area contributed by atoms with Crippen molar-refractivity contribution < 1.29 is 4.39 Å². The molecule has 0 bridgehead atoms. The van der Waals surface area contributed by atoms with E-state index in [1.165, 1.54) is 42.6 Å². The van der Waals surface area contributed by atoms with Crippen molar-refractivity contribution in [2.45, 2.75) is 5.03 Å². The fourth-order valence-electron chi connectivity index (χ4n) is 2.33. The summed E-state index contributed by atoms with van der Waals surface area (Å²) < 4.78 is 15.8. The third kappa shape index (κ3) is 2.44. The number of hydrogen-bond donors (Lipinski definition) is 0. The summed E-state index contributed by atoms with van der Waals surface area (Å²) in [7, 11) is 2.95. The van der Waals surface area contributed by atoms with Crippen LogP contribution in [0.15, 0.2) is 38.9 Å². The smallest absolute Gasteiger partial charge is 0.280 e. The van der Waals surface area contributed by atoms with E-state index in [9.17, 15) is 14.0 Å². The van der Waals surface area contributed by atoms with E-state index in [0.29, 0.717) is 10.6 Å². The Bertz CT molecular complexity index is 1040. The molecule has 0 saturated carbocycles. The molecule has 3 rings (SSSR count). The van der Waals surface area contributed by atoms with E-state index in [0.717, 1.165) is 4.57 Å².